The fraction of sp³-hybridized carbons (Fsp3) is 0.300. The molecule has 14 heavy (non-hydrogen) atoms. The Morgan fingerprint density at radius 1 is 1.36 bits per heavy atom. The van der Waals surface area contributed by atoms with Crippen molar-refractivity contribution in [2.24, 2.45) is 0 Å². The van der Waals surface area contributed by atoms with Crippen molar-refractivity contribution in [1.82, 2.24) is 4.98 Å². The van der Waals surface area contributed by atoms with Crippen LogP contribution in [-0.4, -0.2) is 16.7 Å². The van der Waals surface area contributed by atoms with Crippen molar-refractivity contribution >= 4 is 17.5 Å². The molecule has 74 valence electrons. The van der Waals surface area contributed by atoms with Crippen LogP contribution in [0.15, 0.2) is 12.3 Å². The number of carbonyl (C=O) groups is 2. The highest BCUT2D eigenvalue weighted by Crippen LogP contribution is 2.14. The second-order valence-electron chi connectivity index (χ2n) is 3.15. The molecule has 4 nitrogen and oxygen atoms in total. The summed E-state index contributed by atoms with van der Waals surface area (Å²) in [7, 11) is 0. The number of ketones is 1. The summed E-state index contributed by atoms with van der Waals surface area (Å²) in [6.45, 7) is 4.67. The average Bonchev–Trinajstić information content (AvgIpc) is 2.07. The standard InChI is InChI=1S/C10H12N2O2/c1-6-4-9(7(2)13)10(11-5-6)12-8(3)14/h4-5H,1-3H3,(H,11,12,14). The fourth-order valence-electron chi connectivity index (χ4n) is 1.10. The van der Waals surface area contributed by atoms with E-state index in [1.54, 1.807) is 12.3 Å². The maximum absolute atomic E-state index is 11.2. The molecule has 0 saturated carbocycles. The molecule has 0 saturated heterocycles. The lowest BCUT2D eigenvalue weighted by atomic mass is 10.1. The van der Waals surface area contributed by atoms with Crippen molar-refractivity contribution in [1.29, 1.82) is 0 Å². The number of Topliss-reactive ketones (excluding diaryl/α,β-unsaturated/α-hetero) is 1. The number of hydrogen-bond acceptors (Lipinski definition) is 3. The summed E-state index contributed by atoms with van der Waals surface area (Å²) in [6, 6.07) is 1.71. The smallest absolute Gasteiger partial charge is 0.222 e. The molecule has 0 radical (unpaired) electrons. The van der Waals surface area contributed by atoms with Gasteiger partial charge in [-0.25, -0.2) is 4.98 Å². The van der Waals surface area contributed by atoms with Gasteiger partial charge in [-0.05, 0) is 25.5 Å². The second-order valence-corrected chi connectivity index (χ2v) is 3.15. The minimum Gasteiger partial charge on any atom is -0.310 e. The van der Waals surface area contributed by atoms with Crippen LogP contribution in [0.2, 0.25) is 0 Å². The zero-order valence-corrected chi connectivity index (χ0v) is 8.42. The minimum atomic E-state index is -0.233. The Balaban J connectivity index is 3.14. The van der Waals surface area contributed by atoms with E-state index in [0.29, 0.717) is 11.4 Å². The number of anilines is 1. The van der Waals surface area contributed by atoms with Gasteiger partial charge in [-0.1, -0.05) is 0 Å². The van der Waals surface area contributed by atoms with E-state index in [9.17, 15) is 9.59 Å². The third kappa shape index (κ3) is 2.39. The summed E-state index contributed by atoms with van der Waals surface area (Å²) in [5.74, 6) is -0.00981. The van der Waals surface area contributed by atoms with Gasteiger partial charge >= 0.3 is 0 Å². The highest BCUT2D eigenvalue weighted by Gasteiger charge is 2.09. The Morgan fingerprint density at radius 2 is 2.00 bits per heavy atom. The van der Waals surface area contributed by atoms with Crippen molar-refractivity contribution in [3.05, 3.63) is 23.4 Å². The molecule has 1 aromatic heterocycles. The van der Waals surface area contributed by atoms with Gasteiger partial charge in [0.05, 0.1) is 5.56 Å². The molecule has 0 aliphatic carbocycles. The van der Waals surface area contributed by atoms with Crippen LogP contribution in [0, 0.1) is 6.92 Å². The number of aryl methyl sites for hydroxylation is 1. The highest BCUT2D eigenvalue weighted by molar-refractivity contribution is 6.02. The van der Waals surface area contributed by atoms with Crippen LogP contribution in [0.25, 0.3) is 0 Å². The first-order valence-electron chi connectivity index (χ1n) is 4.26. The van der Waals surface area contributed by atoms with E-state index in [2.05, 4.69) is 10.3 Å². The lowest BCUT2D eigenvalue weighted by Gasteiger charge is -2.06. The zero-order valence-electron chi connectivity index (χ0n) is 8.42. The number of amides is 1. The van der Waals surface area contributed by atoms with Gasteiger partial charge in [-0.3, -0.25) is 9.59 Å². The van der Waals surface area contributed by atoms with E-state index in [-0.39, 0.29) is 11.7 Å². The van der Waals surface area contributed by atoms with Crippen molar-refractivity contribution in [3.63, 3.8) is 0 Å². The number of nitrogens with zero attached hydrogens (tertiary/aromatic N) is 1. The summed E-state index contributed by atoms with van der Waals surface area (Å²) < 4.78 is 0. The molecule has 1 aromatic rings. The van der Waals surface area contributed by atoms with Gasteiger partial charge in [0.2, 0.25) is 5.91 Å². The quantitative estimate of drug-likeness (QED) is 0.723. The van der Waals surface area contributed by atoms with Crippen LogP contribution >= 0.6 is 0 Å². The fourth-order valence-corrected chi connectivity index (χ4v) is 1.10. The van der Waals surface area contributed by atoms with Crippen molar-refractivity contribution in [3.8, 4) is 0 Å². The van der Waals surface area contributed by atoms with Crippen molar-refractivity contribution in [2.45, 2.75) is 20.8 Å². The Morgan fingerprint density at radius 3 is 2.50 bits per heavy atom. The molecule has 0 aliphatic rings. The number of pyridine rings is 1. The Kier molecular flexibility index (Phi) is 2.96. The van der Waals surface area contributed by atoms with Crippen LogP contribution < -0.4 is 5.32 Å². The topological polar surface area (TPSA) is 59.1 Å². The molecule has 1 heterocycles. The first-order valence-corrected chi connectivity index (χ1v) is 4.26. The lowest BCUT2D eigenvalue weighted by Crippen LogP contribution is -2.11. The van der Waals surface area contributed by atoms with Crippen LogP contribution in [0.4, 0.5) is 5.82 Å². The Labute approximate surface area is 82.3 Å². The molecule has 0 atom stereocenters. The molecule has 0 aliphatic heterocycles. The number of carbonyl (C=O) groups excluding carboxylic acids is 2. The van der Waals surface area contributed by atoms with Crippen LogP contribution in [0.5, 0.6) is 0 Å². The van der Waals surface area contributed by atoms with E-state index in [0.717, 1.165) is 5.56 Å². The SMILES string of the molecule is CC(=O)Nc1ncc(C)cc1C(C)=O. The third-order valence-corrected chi connectivity index (χ3v) is 1.70. The van der Waals surface area contributed by atoms with Gasteiger partial charge in [0.25, 0.3) is 0 Å². The molecule has 4 heteroatoms. The summed E-state index contributed by atoms with van der Waals surface area (Å²) in [5, 5.41) is 2.51. The first-order chi connectivity index (χ1) is 6.50. The maximum atomic E-state index is 11.2. The molecule has 0 fully saturated rings. The molecule has 0 spiro atoms. The molecular formula is C10H12N2O2. The molecule has 0 bridgehead atoms. The molecular weight excluding hydrogens is 180 g/mol. The second kappa shape index (κ2) is 4.00. The van der Waals surface area contributed by atoms with Crippen molar-refractivity contribution < 1.29 is 9.59 Å². The number of rotatable bonds is 2. The van der Waals surface area contributed by atoms with E-state index in [1.807, 2.05) is 6.92 Å². The summed E-state index contributed by atoms with van der Waals surface area (Å²) in [5.41, 5.74) is 1.34. The van der Waals surface area contributed by atoms with Gasteiger partial charge in [-0.2, -0.15) is 0 Å². The van der Waals surface area contributed by atoms with Crippen LogP contribution in [0.3, 0.4) is 0 Å². The van der Waals surface area contributed by atoms with Crippen LogP contribution in [0.1, 0.15) is 29.8 Å². The zero-order chi connectivity index (χ0) is 10.7. The Hall–Kier alpha value is -1.71. The summed E-state index contributed by atoms with van der Waals surface area (Å²) in [4.78, 5) is 26.0. The average molecular weight is 192 g/mol. The normalized spacial score (nSPS) is 9.64. The first kappa shape index (κ1) is 10.4. The minimum absolute atomic E-state index is 0.107. The number of hydrogen-bond donors (Lipinski definition) is 1. The van der Waals surface area contributed by atoms with E-state index in [4.69, 9.17) is 0 Å². The van der Waals surface area contributed by atoms with Gasteiger partial charge in [0, 0.05) is 13.1 Å². The van der Waals surface area contributed by atoms with Crippen LogP contribution in [-0.2, 0) is 4.79 Å². The van der Waals surface area contributed by atoms with Gasteiger partial charge in [0.1, 0.15) is 5.82 Å². The predicted molar refractivity (Wildman–Crippen MR) is 53.3 cm³/mol. The van der Waals surface area contributed by atoms with Gasteiger partial charge in [0.15, 0.2) is 5.78 Å². The third-order valence-electron chi connectivity index (χ3n) is 1.70. The molecule has 0 unspecified atom stereocenters. The molecule has 1 amide bonds. The van der Waals surface area contributed by atoms with E-state index >= 15 is 0 Å². The van der Waals surface area contributed by atoms with E-state index < -0.39 is 0 Å². The highest BCUT2D eigenvalue weighted by atomic mass is 16.1. The van der Waals surface area contributed by atoms with E-state index in [1.165, 1.54) is 13.8 Å². The predicted octanol–water partition coefficient (Wildman–Crippen LogP) is 1.55. The largest absolute Gasteiger partial charge is 0.310 e. The summed E-state index contributed by atoms with van der Waals surface area (Å²) in [6.07, 6.45) is 1.61. The van der Waals surface area contributed by atoms with Crippen molar-refractivity contribution in [2.75, 3.05) is 5.32 Å². The monoisotopic (exact) mass is 192 g/mol. The molecule has 1 N–H and O–H groups in total. The number of nitrogens with one attached hydrogen (secondary N) is 1. The van der Waals surface area contributed by atoms with Gasteiger partial charge in [-0.15, -0.1) is 0 Å². The molecule has 0 aromatic carbocycles. The van der Waals surface area contributed by atoms with Gasteiger partial charge < -0.3 is 5.32 Å². The number of aromatic nitrogens is 1. The Bertz CT molecular complexity index is 386. The summed E-state index contributed by atoms with van der Waals surface area (Å²) >= 11 is 0. The lowest BCUT2D eigenvalue weighted by molar-refractivity contribution is -0.114. The molecule has 1 rings (SSSR count). The maximum Gasteiger partial charge on any atom is 0.222 e.